The first-order chi connectivity index (χ1) is 13.2. The number of nitrogens with one attached hydrogen (secondary N) is 1. The summed E-state index contributed by atoms with van der Waals surface area (Å²) in [6.07, 6.45) is 5.88. The Labute approximate surface area is 164 Å². The van der Waals surface area contributed by atoms with Gasteiger partial charge in [0.15, 0.2) is 5.92 Å². The lowest BCUT2D eigenvalue weighted by atomic mass is 9.49. The topological polar surface area (TPSA) is 119 Å². The van der Waals surface area contributed by atoms with Gasteiger partial charge in [-0.05, 0) is 56.3 Å². The van der Waals surface area contributed by atoms with Gasteiger partial charge in [0.1, 0.15) is 6.04 Å². The average Bonchev–Trinajstić information content (AvgIpc) is 2.64. The Kier molecular flexibility index (Phi) is 5.68. The summed E-state index contributed by atoms with van der Waals surface area (Å²) < 4.78 is 9.29. The van der Waals surface area contributed by atoms with Crippen LogP contribution in [0.1, 0.15) is 45.4 Å². The number of hydrogen-bond acceptors (Lipinski definition) is 6. The maximum absolute atomic E-state index is 13.2. The molecule has 0 saturated heterocycles. The Morgan fingerprint density at radius 1 is 0.929 bits per heavy atom. The van der Waals surface area contributed by atoms with Crippen LogP contribution in [0.2, 0.25) is 0 Å². The third-order valence-electron chi connectivity index (χ3n) is 7.03. The quantitative estimate of drug-likeness (QED) is 0.493. The number of aliphatic carboxylic acids is 1. The lowest BCUT2D eigenvalue weighted by Crippen LogP contribution is -2.58. The molecule has 4 fully saturated rings. The Morgan fingerprint density at radius 3 is 1.71 bits per heavy atom. The van der Waals surface area contributed by atoms with Crippen molar-refractivity contribution in [2.45, 2.75) is 51.5 Å². The van der Waals surface area contributed by atoms with Crippen molar-refractivity contribution in [1.82, 2.24) is 5.32 Å². The third-order valence-corrected chi connectivity index (χ3v) is 7.03. The molecule has 4 bridgehead atoms. The monoisotopic (exact) mass is 395 g/mol. The second kappa shape index (κ2) is 7.72. The summed E-state index contributed by atoms with van der Waals surface area (Å²) in [7, 11) is 2.24. The molecule has 4 aliphatic carbocycles. The van der Waals surface area contributed by atoms with Crippen LogP contribution >= 0.6 is 0 Å². The second-order valence-electron chi connectivity index (χ2n) is 8.87. The zero-order valence-corrected chi connectivity index (χ0v) is 16.6. The minimum absolute atomic E-state index is 0.265. The molecule has 4 aliphatic rings. The first-order valence-corrected chi connectivity index (χ1v) is 9.90. The van der Waals surface area contributed by atoms with E-state index in [1.165, 1.54) is 6.92 Å². The number of carboxylic acid groups (broad SMARTS) is 1. The first-order valence-electron chi connectivity index (χ1n) is 9.90. The molecule has 28 heavy (non-hydrogen) atoms. The highest BCUT2D eigenvalue weighted by Crippen LogP contribution is 2.60. The van der Waals surface area contributed by atoms with E-state index in [0.717, 1.165) is 52.7 Å². The number of ether oxygens (including phenoxy) is 2. The molecular formula is C20H29NO7. The van der Waals surface area contributed by atoms with Gasteiger partial charge in [-0.25, -0.2) is 4.79 Å². The highest BCUT2D eigenvalue weighted by molar-refractivity contribution is 5.96. The Morgan fingerprint density at radius 2 is 1.36 bits per heavy atom. The van der Waals surface area contributed by atoms with E-state index in [4.69, 9.17) is 0 Å². The van der Waals surface area contributed by atoms with E-state index in [-0.39, 0.29) is 5.91 Å². The van der Waals surface area contributed by atoms with Crippen molar-refractivity contribution in [2.75, 3.05) is 14.2 Å². The molecule has 156 valence electrons. The minimum atomic E-state index is -1.42. The SMILES string of the molecule is COC(=O)C(C(=O)OC)[C@H](C)[C@@H](NC(=O)C12CC3CC(CC(C3)C1)C2)C(=O)O. The van der Waals surface area contributed by atoms with Crippen LogP contribution in [-0.2, 0) is 28.7 Å². The summed E-state index contributed by atoms with van der Waals surface area (Å²) in [6.45, 7) is 1.44. The number of methoxy groups -OCH3 is 2. The van der Waals surface area contributed by atoms with Crippen molar-refractivity contribution in [3.05, 3.63) is 0 Å². The summed E-state index contributed by atoms with van der Waals surface area (Å²) >= 11 is 0. The molecule has 8 heteroatoms. The molecule has 0 aromatic heterocycles. The molecule has 1 amide bonds. The molecule has 0 unspecified atom stereocenters. The van der Waals surface area contributed by atoms with Crippen LogP contribution in [0.3, 0.4) is 0 Å². The van der Waals surface area contributed by atoms with Gasteiger partial charge < -0.3 is 19.9 Å². The average molecular weight is 395 g/mol. The molecule has 0 aliphatic heterocycles. The van der Waals surface area contributed by atoms with E-state index in [2.05, 4.69) is 14.8 Å². The fraction of sp³-hybridized carbons (Fsp3) is 0.800. The number of esters is 2. The Balaban J connectivity index is 1.79. The van der Waals surface area contributed by atoms with Crippen molar-refractivity contribution < 1.29 is 33.8 Å². The summed E-state index contributed by atoms with van der Waals surface area (Å²) in [5.74, 6) is -4.14. The van der Waals surface area contributed by atoms with E-state index >= 15 is 0 Å². The van der Waals surface area contributed by atoms with Gasteiger partial charge in [-0.1, -0.05) is 6.92 Å². The van der Waals surface area contributed by atoms with Gasteiger partial charge in [-0.15, -0.1) is 0 Å². The van der Waals surface area contributed by atoms with Crippen LogP contribution in [0.15, 0.2) is 0 Å². The Hall–Kier alpha value is -2.12. The van der Waals surface area contributed by atoms with Gasteiger partial charge in [0, 0.05) is 11.3 Å². The minimum Gasteiger partial charge on any atom is -0.480 e. The van der Waals surface area contributed by atoms with Gasteiger partial charge in [0.05, 0.1) is 14.2 Å². The van der Waals surface area contributed by atoms with E-state index in [1.54, 1.807) is 0 Å². The van der Waals surface area contributed by atoms with Gasteiger partial charge >= 0.3 is 17.9 Å². The van der Waals surface area contributed by atoms with Crippen LogP contribution in [0.5, 0.6) is 0 Å². The van der Waals surface area contributed by atoms with E-state index in [9.17, 15) is 24.3 Å². The molecule has 2 atom stereocenters. The largest absolute Gasteiger partial charge is 0.480 e. The summed E-state index contributed by atoms with van der Waals surface area (Å²) in [6, 6.07) is -1.39. The molecule has 0 aromatic rings. The number of carboxylic acids is 1. The van der Waals surface area contributed by atoms with E-state index < -0.39 is 41.2 Å². The predicted molar refractivity (Wildman–Crippen MR) is 96.9 cm³/mol. The van der Waals surface area contributed by atoms with Gasteiger partial charge in [-0.3, -0.25) is 14.4 Å². The smallest absolute Gasteiger partial charge is 0.326 e. The molecule has 4 saturated carbocycles. The maximum atomic E-state index is 13.2. The number of amides is 1. The van der Waals surface area contributed by atoms with Crippen molar-refractivity contribution >= 4 is 23.8 Å². The van der Waals surface area contributed by atoms with Crippen molar-refractivity contribution in [1.29, 1.82) is 0 Å². The molecule has 4 rings (SSSR count). The van der Waals surface area contributed by atoms with Crippen LogP contribution in [0, 0.1) is 35.0 Å². The number of carbonyl (C=O) groups is 4. The number of rotatable bonds is 7. The van der Waals surface area contributed by atoms with Gasteiger partial charge in [0.2, 0.25) is 5.91 Å². The highest BCUT2D eigenvalue weighted by Gasteiger charge is 2.55. The van der Waals surface area contributed by atoms with Crippen LogP contribution in [0.25, 0.3) is 0 Å². The van der Waals surface area contributed by atoms with Gasteiger partial charge in [-0.2, -0.15) is 0 Å². The third kappa shape index (κ3) is 3.61. The van der Waals surface area contributed by atoms with Crippen molar-refractivity contribution in [3.8, 4) is 0 Å². The summed E-state index contributed by atoms with van der Waals surface area (Å²) in [5, 5.41) is 12.4. The standard InChI is InChI=1S/C20H29NO7/c1-10(14(17(24)27-2)18(25)28-3)15(16(22)23)21-19(26)20-7-11-4-12(8-20)6-13(5-11)9-20/h10-15H,4-9H2,1-3H3,(H,21,26)(H,22,23)/t10-,11?,12?,13?,15+,20?/m0/s1. The fourth-order valence-electron chi connectivity index (χ4n) is 6.07. The lowest BCUT2D eigenvalue weighted by molar-refractivity contribution is -0.164. The summed E-state index contributed by atoms with van der Waals surface area (Å²) in [4.78, 5) is 49.2. The summed E-state index contributed by atoms with van der Waals surface area (Å²) in [5.41, 5.74) is -0.520. The zero-order chi connectivity index (χ0) is 20.6. The zero-order valence-electron chi connectivity index (χ0n) is 16.6. The predicted octanol–water partition coefficient (Wildman–Crippen LogP) is 1.37. The molecule has 0 radical (unpaired) electrons. The van der Waals surface area contributed by atoms with Crippen molar-refractivity contribution in [2.24, 2.45) is 35.0 Å². The lowest BCUT2D eigenvalue weighted by Gasteiger charge is -2.55. The number of carbonyl (C=O) groups excluding carboxylic acids is 3. The van der Waals surface area contributed by atoms with Crippen LogP contribution < -0.4 is 5.32 Å². The van der Waals surface area contributed by atoms with Crippen molar-refractivity contribution in [3.63, 3.8) is 0 Å². The second-order valence-corrected chi connectivity index (χ2v) is 8.87. The highest BCUT2D eigenvalue weighted by atomic mass is 16.5. The van der Waals surface area contributed by atoms with E-state index in [1.807, 2.05) is 0 Å². The number of hydrogen-bond donors (Lipinski definition) is 2. The van der Waals surface area contributed by atoms with Crippen LogP contribution in [0.4, 0.5) is 0 Å². The molecule has 0 spiro atoms. The molecule has 0 aromatic carbocycles. The molecule has 0 heterocycles. The first kappa shape index (κ1) is 20.6. The molecule has 8 nitrogen and oxygen atoms in total. The Bertz CT molecular complexity index is 622. The normalized spacial score (nSPS) is 32.5. The molecule has 2 N–H and O–H groups in total. The van der Waals surface area contributed by atoms with Crippen LogP contribution in [-0.4, -0.2) is 49.2 Å². The maximum Gasteiger partial charge on any atom is 0.326 e. The molecular weight excluding hydrogens is 366 g/mol. The van der Waals surface area contributed by atoms with Gasteiger partial charge in [0.25, 0.3) is 0 Å². The van der Waals surface area contributed by atoms with E-state index in [0.29, 0.717) is 17.8 Å². The fourth-order valence-corrected chi connectivity index (χ4v) is 6.07.